The zero-order valence-corrected chi connectivity index (χ0v) is 12.0. The number of nitrogens with zero attached hydrogens (tertiary/aromatic N) is 1. The summed E-state index contributed by atoms with van der Waals surface area (Å²) in [6.45, 7) is 6.18. The zero-order valence-electron chi connectivity index (χ0n) is 11.2. The highest BCUT2D eigenvalue weighted by atomic mass is 32.2. The van der Waals surface area contributed by atoms with E-state index in [0.717, 1.165) is 4.31 Å². The van der Waals surface area contributed by atoms with Gasteiger partial charge in [-0.3, -0.25) is 4.79 Å². The molecule has 2 N–H and O–H groups in total. The topological polar surface area (TPSA) is 78.5 Å². The number of amides is 1. The summed E-state index contributed by atoms with van der Waals surface area (Å²) in [4.78, 5) is 11.4. The minimum absolute atomic E-state index is 0.0821. The second kappa shape index (κ2) is 6.32. The normalized spacial score (nSPS) is 12.8. The molecule has 102 valence electrons. The van der Waals surface area contributed by atoms with Crippen molar-refractivity contribution in [2.45, 2.75) is 26.3 Å². The molecular formula is C10H23N3O3S. The predicted octanol–water partition coefficient (Wildman–Crippen LogP) is -0.618. The number of carbonyl (C=O) groups excluding carboxylic acids is 1. The Morgan fingerprint density at radius 2 is 1.76 bits per heavy atom. The first-order valence-electron chi connectivity index (χ1n) is 5.46. The molecule has 0 aliphatic rings. The Kier molecular flexibility index (Phi) is 6.08. The molecule has 0 rings (SSSR count). The Labute approximate surface area is 104 Å². The van der Waals surface area contributed by atoms with Crippen molar-refractivity contribution in [2.24, 2.45) is 0 Å². The van der Waals surface area contributed by atoms with Crippen LogP contribution in [0.4, 0.5) is 0 Å². The van der Waals surface area contributed by atoms with Crippen LogP contribution < -0.4 is 10.6 Å². The minimum atomic E-state index is -3.24. The number of rotatable bonds is 6. The van der Waals surface area contributed by atoms with E-state index in [1.165, 1.54) is 14.1 Å². The fraction of sp³-hybridized carbons (Fsp3) is 0.900. The van der Waals surface area contributed by atoms with Crippen LogP contribution in [0.2, 0.25) is 0 Å². The van der Waals surface area contributed by atoms with Crippen LogP contribution in [-0.2, 0) is 14.8 Å². The number of hydrogen-bond acceptors (Lipinski definition) is 4. The molecule has 0 saturated heterocycles. The van der Waals surface area contributed by atoms with E-state index < -0.39 is 10.0 Å². The van der Waals surface area contributed by atoms with Crippen LogP contribution in [0.1, 0.15) is 20.8 Å². The van der Waals surface area contributed by atoms with Crippen molar-refractivity contribution < 1.29 is 13.2 Å². The average molecular weight is 265 g/mol. The number of sulfonamides is 1. The standard InChI is InChI=1S/C10H23N3O3S/c1-10(2,3)12-8-9(14)11-6-7-17(15,16)13(4)5/h12H,6-8H2,1-5H3,(H,11,14). The van der Waals surface area contributed by atoms with Gasteiger partial charge < -0.3 is 10.6 Å². The largest absolute Gasteiger partial charge is 0.354 e. The monoisotopic (exact) mass is 265 g/mol. The molecule has 0 unspecified atom stereocenters. The van der Waals surface area contributed by atoms with Crippen molar-refractivity contribution in [3.63, 3.8) is 0 Å². The van der Waals surface area contributed by atoms with Crippen molar-refractivity contribution in [3.05, 3.63) is 0 Å². The van der Waals surface area contributed by atoms with E-state index in [4.69, 9.17) is 0 Å². The number of nitrogens with one attached hydrogen (secondary N) is 2. The van der Waals surface area contributed by atoms with E-state index in [9.17, 15) is 13.2 Å². The predicted molar refractivity (Wildman–Crippen MR) is 68.2 cm³/mol. The molecule has 0 fully saturated rings. The van der Waals surface area contributed by atoms with E-state index in [1.807, 2.05) is 20.8 Å². The van der Waals surface area contributed by atoms with Gasteiger partial charge in [0.1, 0.15) is 0 Å². The highest BCUT2D eigenvalue weighted by Crippen LogP contribution is 1.96. The molecule has 17 heavy (non-hydrogen) atoms. The highest BCUT2D eigenvalue weighted by molar-refractivity contribution is 7.89. The summed E-state index contributed by atoms with van der Waals surface area (Å²) in [6, 6.07) is 0. The van der Waals surface area contributed by atoms with Crippen LogP contribution in [0.3, 0.4) is 0 Å². The maximum Gasteiger partial charge on any atom is 0.234 e. The van der Waals surface area contributed by atoms with Crippen LogP contribution >= 0.6 is 0 Å². The summed E-state index contributed by atoms with van der Waals surface area (Å²) in [6.07, 6.45) is 0. The van der Waals surface area contributed by atoms with Crippen LogP contribution in [0, 0.1) is 0 Å². The molecule has 0 radical (unpaired) electrons. The second-order valence-corrected chi connectivity index (χ2v) is 7.35. The Bertz CT molecular complexity index is 344. The smallest absolute Gasteiger partial charge is 0.234 e. The van der Waals surface area contributed by atoms with Gasteiger partial charge in [0.05, 0.1) is 12.3 Å². The summed E-state index contributed by atoms with van der Waals surface area (Å²) in [7, 11) is -0.298. The first-order valence-corrected chi connectivity index (χ1v) is 7.07. The Morgan fingerprint density at radius 1 is 1.24 bits per heavy atom. The number of carbonyl (C=O) groups is 1. The third-order valence-electron chi connectivity index (χ3n) is 2.02. The Balaban J connectivity index is 3.88. The lowest BCUT2D eigenvalue weighted by Crippen LogP contribution is -2.44. The fourth-order valence-corrected chi connectivity index (χ4v) is 1.64. The second-order valence-electron chi connectivity index (χ2n) is 5.05. The van der Waals surface area contributed by atoms with Gasteiger partial charge in [0.2, 0.25) is 15.9 Å². The molecule has 0 aromatic rings. The summed E-state index contributed by atoms with van der Waals surface area (Å²) < 4.78 is 23.9. The highest BCUT2D eigenvalue weighted by Gasteiger charge is 2.14. The first kappa shape index (κ1) is 16.3. The molecule has 0 aliphatic carbocycles. The van der Waals surface area contributed by atoms with Gasteiger partial charge in [0, 0.05) is 26.2 Å². The van der Waals surface area contributed by atoms with Crippen molar-refractivity contribution in [3.8, 4) is 0 Å². The third kappa shape index (κ3) is 8.12. The summed E-state index contributed by atoms with van der Waals surface area (Å²) in [5, 5.41) is 5.58. The Hall–Kier alpha value is -0.660. The zero-order chi connectivity index (χ0) is 13.7. The molecule has 0 spiro atoms. The summed E-state index contributed by atoms with van der Waals surface area (Å²) in [5.74, 6) is -0.282. The maximum atomic E-state index is 11.4. The molecule has 0 atom stereocenters. The number of hydrogen-bond donors (Lipinski definition) is 2. The van der Waals surface area contributed by atoms with Gasteiger partial charge in [-0.2, -0.15) is 0 Å². The lowest BCUT2D eigenvalue weighted by molar-refractivity contribution is -0.120. The summed E-state index contributed by atoms with van der Waals surface area (Å²) in [5.41, 5.74) is -0.132. The van der Waals surface area contributed by atoms with E-state index in [1.54, 1.807) is 0 Å². The van der Waals surface area contributed by atoms with E-state index >= 15 is 0 Å². The summed E-state index contributed by atoms with van der Waals surface area (Å²) >= 11 is 0. The molecule has 0 aliphatic heterocycles. The molecule has 0 saturated carbocycles. The van der Waals surface area contributed by atoms with Crippen LogP contribution in [-0.4, -0.2) is 57.1 Å². The van der Waals surface area contributed by atoms with E-state index in [-0.39, 0.29) is 30.3 Å². The fourth-order valence-electron chi connectivity index (χ4n) is 0.910. The third-order valence-corrected chi connectivity index (χ3v) is 3.85. The molecule has 0 aromatic heterocycles. The molecule has 0 aromatic carbocycles. The van der Waals surface area contributed by atoms with Crippen molar-refractivity contribution >= 4 is 15.9 Å². The van der Waals surface area contributed by atoms with Crippen LogP contribution in [0.15, 0.2) is 0 Å². The molecule has 7 heteroatoms. The lowest BCUT2D eigenvalue weighted by atomic mass is 10.1. The maximum absolute atomic E-state index is 11.4. The van der Waals surface area contributed by atoms with Crippen LogP contribution in [0.25, 0.3) is 0 Å². The Morgan fingerprint density at radius 3 is 2.18 bits per heavy atom. The van der Waals surface area contributed by atoms with Gasteiger partial charge in [-0.1, -0.05) is 0 Å². The van der Waals surface area contributed by atoms with Gasteiger partial charge in [-0.15, -0.1) is 0 Å². The van der Waals surface area contributed by atoms with Crippen molar-refractivity contribution in [2.75, 3.05) is 32.9 Å². The van der Waals surface area contributed by atoms with Crippen molar-refractivity contribution in [1.82, 2.24) is 14.9 Å². The molecule has 1 amide bonds. The first-order chi connectivity index (χ1) is 7.54. The van der Waals surface area contributed by atoms with Crippen molar-refractivity contribution in [1.29, 1.82) is 0 Å². The molecule has 6 nitrogen and oxygen atoms in total. The van der Waals surface area contributed by atoms with E-state index in [2.05, 4.69) is 10.6 Å². The van der Waals surface area contributed by atoms with E-state index in [0.29, 0.717) is 0 Å². The minimum Gasteiger partial charge on any atom is -0.354 e. The lowest BCUT2D eigenvalue weighted by Gasteiger charge is -2.20. The van der Waals surface area contributed by atoms with Gasteiger partial charge in [0.25, 0.3) is 0 Å². The van der Waals surface area contributed by atoms with Gasteiger partial charge in [-0.05, 0) is 20.8 Å². The average Bonchev–Trinajstić information content (AvgIpc) is 2.13. The molecule has 0 bridgehead atoms. The van der Waals surface area contributed by atoms with Crippen LogP contribution in [0.5, 0.6) is 0 Å². The molecule has 0 heterocycles. The van der Waals surface area contributed by atoms with Gasteiger partial charge >= 0.3 is 0 Å². The quantitative estimate of drug-likeness (QED) is 0.671. The SMILES string of the molecule is CN(C)S(=O)(=O)CCNC(=O)CNC(C)(C)C. The molecular weight excluding hydrogens is 242 g/mol. The van der Waals surface area contributed by atoms with Gasteiger partial charge in [-0.25, -0.2) is 12.7 Å². The van der Waals surface area contributed by atoms with Gasteiger partial charge in [0.15, 0.2) is 0 Å².